The molecule has 4 unspecified atom stereocenters. The van der Waals surface area contributed by atoms with E-state index in [9.17, 15) is 43.8 Å². The first-order valence-corrected chi connectivity index (χ1v) is 17.0. The number of aliphatic hydroxyl groups excluding tert-OH is 1. The number of carbonyl (C=O) groups excluding carboxylic acids is 4. The number of nitrogens with zero attached hydrogens (tertiary/aromatic N) is 4. The summed E-state index contributed by atoms with van der Waals surface area (Å²) in [6, 6.07) is 1.89. The van der Waals surface area contributed by atoms with Gasteiger partial charge < -0.3 is 59.5 Å². The van der Waals surface area contributed by atoms with Crippen molar-refractivity contribution >= 4 is 64.3 Å². The van der Waals surface area contributed by atoms with Crippen molar-refractivity contribution in [3.05, 3.63) is 52.1 Å². The third-order valence-electron chi connectivity index (χ3n) is 7.75. The van der Waals surface area contributed by atoms with Gasteiger partial charge in [-0.1, -0.05) is 0 Å². The Hall–Kier alpha value is -6.95. The molecule has 0 radical (unpaired) electrons. The lowest BCUT2D eigenvalue weighted by atomic mass is 10.1. The van der Waals surface area contributed by atoms with E-state index in [1.54, 1.807) is 24.3 Å². The molecule has 2 heterocycles. The summed E-state index contributed by atoms with van der Waals surface area (Å²) < 4.78 is 0. The number of anilines is 2. The molecule has 56 heavy (non-hydrogen) atoms. The number of aliphatic carboxylic acids is 2. The average Bonchev–Trinajstić information content (AvgIpc) is 3.12. The van der Waals surface area contributed by atoms with Crippen LogP contribution in [0.5, 0.6) is 0 Å². The van der Waals surface area contributed by atoms with E-state index >= 15 is 0 Å². The Morgan fingerprint density at radius 2 is 1.50 bits per heavy atom. The Morgan fingerprint density at radius 3 is 2.14 bits per heavy atom. The van der Waals surface area contributed by atoms with Crippen molar-refractivity contribution in [3.8, 4) is 0 Å². The second-order valence-corrected chi connectivity index (χ2v) is 12.2. The van der Waals surface area contributed by atoms with Crippen LogP contribution >= 0.6 is 0 Å². The summed E-state index contributed by atoms with van der Waals surface area (Å²) in [5.74, 6) is -6.69. The predicted octanol–water partition coefficient (Wildman–Crippen LogP) is -3.85. The minimum atomic E-state index is -1.61. The molecule has 302 valence electrons. The number of primary amides is 1. The van der Waals surface area contributed by atoms with E-state index in [2.05, 4.69) is 51.5 Å². The summed E-state index contributed by atoms with van der Waals surface area (Å²) >= 11 is 0. The molecule has 0 aliphatic carbocycles. The molecule has 2 aromatic heterocycles. The number of hydrogen-bond donors (Lipinski definition) is 13. The lowest BCUT2D eigenvalue weighted by Gasteiger charge is -2.25. The monoisotopic (exact) mass is 784 g/mol. The molecule has 1 aromatic carbocycles. The normalized spacial score (nSPS) is 13.0. The van der Waals surface area contributed by atoms with Gasteiger partial charge >= 0.3 is 11.9 Å². The minimum absolute atomic E-state index is 0.0303. The Bertz CT molecular complexity index is 1970. The van der Waals surface area contributed by atoms with E-state index in [-0.39, 0.29) is 68.4 Å². The molecule has 0 spiro atoms. The molecule has 4 atom stereocenters. The molecule has 17 N–H and O–H groups in total. The Kier molecular flexibility index (Phi) is 16.4. The fourth-order valence-electron chi connectivity index (χ4n) is 5.02. The molecular formula is C32H44N14O10. The van der Waals surface area contributed by atoms with Crippen LogP contribution in [0.3, 0.4) is 0 Å². The molecular weight excluding hydrogens is 740 g/mol. The number of nitrogens with two attached hydrogens (primary N) is 4. The Morgan fingerprint density at radius 1 is 0.857 bits per heavy atom. The largest absolute Gasteiger partial charge is 0.481 e. The number of aliphatic imine (C=N–C) groups is 1. The number of carboxylic acids is 2. The van der Waals surface area contributed by atoms with E-state index in [1.165, 1.54) is 6.20 Å². The smallest absolute Gasteiger partial charge is 0.305 e. The fraction of sp³-hybridized carbons (Fsp3) is 0.406. The number of aliphatic hydroxyl groups is 1. The van der Waals surface area contributed by atoms with Crippen molar-refractivity contribution in [1.29, 1.82) is 0 Å². The zero-order chi connectivity index (χ0) is 41.4. The van der Waals surface area contributed by atoms with Crippen molar-refractivity contribution in [3.63, 3.8) is 0 Å². The standard InChI is InChI=1S/C32H44N14O10/c33-25(52)19(11-22(48)49)44-28(54)18(3-1-10-38-31(34)35)43-29(55)20(12-23(50)51)42-21(47)4-2-9-37-27(53)15-5-7-16(8-6-15)39-13-17-14-40-26-24(41-17)30(56)46-32(36)45-26/h5-8,14,18-21,39,42,47H,1-4,9-13H2,(H2,33,52)(H,37,53)(H,43,55)(H,44,54)(H,48,49)(H,50,51)(H4,34,35,38)(H3,36,40,45,46,56). The molecule has 3 rings (SSSR count). The molecule has 0 fully saturated rings. The molecule has 0 bridgehead atoms. The van der Waals surface area contributed by atoms with E-state index in [4.69, 9.17) is 28.0 Å². The fourth-order valence-corrected chi connectivity index (χ4v) is 5.02. The summed E-state index contributed by atoms with van der Waals surface area (Å²) in [5.41, 5.74) is 22.4. The van der Waals surface area contributed by atoms with Crippen LogP contribution in [-0.4, -0.2) is 114 Å². The maximum Gasteiger partial charge on any atom is 0.305 e. The molecule has 0 aliphatic rings. The van der Waals surface area contributed by atoms with Crippen molar-refractivity contribution < 1.29 is 44.1 Å². The lowest BCUT2D eigenvalue weighted by molar-refractivity contribution is -0.141. The number of nitrogens with one attached hydrogen (secondary N) is 6. The van der Waals surface area contributed by atoms with Crippen molar-refractivity contribution in [2.24, 2.45) is 22.2 Å². The number of rotatable bonds is 23. The number of carbonyl (C=O) groups is 6. The zero-order valence-corrected chi connectivity index (χ0v) is 29.9. The molecule has 4 amide bonds. The summed E-state index contributed by atoms with van der Waals surface area (Å²) in [4.78, 5) is 104. The number of benzene rings is 1. The number of fused-ring (bicyclic) bond motifs is 1. The predicted molar refractivity (Wildman–Crippen MR) is 198 cm³/mol. The quantitative estimate of drug-likeness (QED) is 0.0189. The van der Waals surface area contributed by atoms with E-state index in [1.807, 2.05) is 0 Å². The molecule has 24 nitrogen and oxygen atoms in total. The Balaban J connectivity index is 1.51. The number of carboxylic acid groups (broad SMARTS) is 2. The first kappa shape index (κ1) is 43.5. The maximum atomic E-state index is 13.2. The van der Waals surface area contributed by atoms with Gasteiger partial charge in [-0.05, 0) is 49.9 Å². The van der Waals surface area contributed by atoms with Crippen molar-refractivity contribution in [2.75, 3.05) is 24.1 Å². The van der Waals surface area contributed by atoms with Gasteiger partial charge in [-0.25, -0.2) is 9.97 Å². The number of nitrogen functional groups attached to an aromatic ring is 1. The number of guanidine groups is 1. The Labute approximate surface area is 317 Å². The van der Waals surface area contributed by atoms with Gasteiger partial charge in [-0.15, -0.1) is 0 Å². The first-order chi connectivity index (χ1) is 26.5. The highest BCUT2D eigenvalue weighted by Crippen LogP contribution is 2.12. The van der Waals surface area contributed by atoms with Crippen LogP contribution in [-0.2, 0) is 30.5 Å². The number of aromatic amines is 1. The maximum absolute atomic E-state index is 13.2. The van der Waals surface area contributed by atoms with E-state index in [0.717, 1.165) is 0 Å². The number of aromatic nitrogens is 4. The summed E-state index contributed by atoms with van der Waals surface area (Å²) in [6.07, 6.45) is -1.43. The highest BCUT2D eigenvalue weighted by molar-refractivity contribution is 5.95. The number of hydrogen-bond acceptors (Lipinski definition) is 15. The van der Waals surface area contributed by atoms with Gasteiger partial charge in [-0.3, -0.25) is 48.9 Å². The summed E-state index contributed by atoms with van der Waals surface area (Å²) in [7, 11) is 0. The van der Waals surface area contributed by atoms with Crippen LogP contribution in [0.25, 0.3) is 11.2 Å². The minimum Gasteiger partial charge on any atom is -0.481 e. The number of H-pyrrole nitrogens is 1. The highest BCUT2D eigenvalue weighted by Gasteiger charge is 2.31. The lowest BCUT2D eigenvalue weighted by Crippen LogP contribution is -2.57. The zero-order valence-electron chi connectivity index (χ0n) is 29.9. The second kappa shape index (κ2) is 21.1. The molecule has 0 saturated carbocycles. The third kappa shape index (κ3) is 14.5. The molecule has 24 heteroatoms. The van der Waals surface area contributed by atoms with Gasteiger partial charge in [0.25, 0.3) is 11.5 Å². The second-order valence-electron chi connectivity index (χ2n) is 12.2. The van der Waals surface area contributed by atoms with Gasteiger partial charge in [0.05, 0.1) is 37.3 Å². The van der Waals surface area contributed by atoms with Gasteiger partial charge in [0.1, 0.15) is 18.3 Å². The van der Waals surface area contributed by atoms with Crippen LogP contribution in [0.2, 0.25) is 0 Å². The topological polar surface area (TPSA) is 411 Å². The average molecular weight is 785 g/mol. The molecule has 0 saturated heterocycles. The first-order valence-electron chi connectivity index (χ1n) is 17.0. The van der Waals surface area contributed by atoms with Gasteiger partial charge in [0.15, 0.2) is 17.1 Å². The van der Waals surface area contributed by atoms with Crippen LogP contribution in [0.1, 0.15) is 54.6 Å². The van der Waals surface area contributed by atoms with Crippen molar-refractivity contribution in [1.82, 2.24) is 41.2 Å². The van der Waals surface area contributed by atoms with Crippen LogP contribution in [0.4, 0.5) is 11.6 Å². The van der Waals surface area contributed by atoms with Gasteiger partial charge in [0.2, 0.25) is 23.7 Å². The third-order valence-corrected chi connectivity index (χ3v) is 7.75. The van der Waals surface area contributed by atoms with E-state index in [0.29, 0.717) is 16.9 Å². The van der Waals surface area contributed by atoms with E-state index < -0.39 is 78.3 Å². The van der Waals surface area contributed by atoms with Crippen LogP contribution in [0, 0.1) is 0 Å². The highest BCUT2D eigenvalue weighted by atomic mass is 16.4. The molecule has 3 aromatic rings. The summed E-state index contributed by atoms with van der Waals surface area (Å²) in [5, 5.41) is 41.9. The van der Waals surface area contributed by atoms with Crippen LogP contribution < -0.4 is 55.1 Å². The van der Waals surface area contributed by atoms with Gasteiger partial charge in [-0.2, -0.15) is 4.98 Å². The molecule has 0 aliphatic heterocycles. The SMILES string of the molecule is NC(=O)C(CC(=O)O)NC(=O)C(CCCN=C(N)N)NC(=O)C(CC(=O)O)NC(O)CCCNC(=O)c1ccc(NCc2cnc3nc(N)[nH]c(=O)c3n2)cc1. The summed E-state index contributed by atoms with van der Waals surface area (Å²) in [6.45, 7) is 0.350. The number of amides is 4. The van der Waals surface area contributed by atoms with Crippen LogP contribution in [0.15, 0.2) is 40.2 Å². The van der Waals surface area contributed by atoms with Gasteiger partial charge in [0, 0.05) is 24.3 Å². The van der Waals surface area contributed by atoms with Crippen molar-refractivity contribution in [2.45, 2.75) is 69.4 Å².